The third-order valence-electron chi connectivity index (χ3n) is 3.29. The highest BCUT2D eigenvalue weighted by molar-refractivity contribution is 7.09. The van der Waals surface area contributed by atoms with Gasteiger partial charge in [0.15, 0.2) is 0 Å². The zero-order valence-electron chi connectivity index (χ0n) is 12.2. The smallest absolute Gasteiger partial charge is 0.0898 e. The fraction of sp³-hybridized carbons (Fsp3) is 0.250. The summed E-state index contributed by atoms with van der Waals surface area (Å²) in [6.07, 6.45) is 3.77. The van der Waals surface area contributed by atoms with Crippen LogP contribution in [-0.2, 0) is 6.54 Å². The van der Waals surface area contributed by atoms with Gasteiger partial charge in [0.2, 0.25) is 0 Å². The van der Waals surface area contributed by atoms with Gasteiger partial charge in [0.05, 0.1) is 23.3 Å². The van der Waals surface area contributed by atoms with Gasteiger partial charge in [-0.2, -0.15) is 5.10 Å². The van der Waals surface area contributed by atoms with Gasteiger partial charge < -0.3 is 5.32 Å². The highest BCUT2D eigenvalue weighted by atomic mass is 32.1. The standard InChI is InChI=1S/C16H18N4S/c1-12(16-11-21-13(2)19-16)18-15-6-3-5-14(9-15)10-20-8-4-7-17-20/h3-9,11-12,18H,10H2,1-2H3. The summed E-state index contributed by atoms with van der Waals surface area (Å²) in [6, 6.07) is 10.6. The summed E-state index contributed by atoms with van der Waals surface area (Å²) in [7, 11) is 0. The molecule has 2 aromatic heterocycles. The molecule has 3 rings (SSSR count). The van der Waals surface area contributed by atoms with Crippen molar-refractivity contribution in [3.8, 4) is 0 Å². The molecule has 0 aliphatic carbocycles. The number of anilines is 1. The van der Waals surface area contributed by atoms with Crippen LogP contribution in [0.15, 0.2) is 48.1 Å². The van der Waals surface area contributed by atoms with E-state index in [1.807, 2.05) is 23.9 Å². The lowest BCUT2D eigenvalue weighted by Gasteiger charge is -2.14. The van der Waals surface area contributed by atoms with Gasteiger partial charge in [-0.1, -0.05) is 12.1 Å². The lowest BCUT2D eigenvalue weighted by atomic mass is 10.1. The zero-order chi connectivity index (χ0) is 14.7. The molecule has 0 bridgehead atoms. The number of benzene rings is 1. The molecule has 1 aromatic carbocycles. The predicted molar refractivity (Wildman–Crippen MR) is 86.7 cm³/mol. The molecule has 1 unspecified atom stereocenters. The van der Waals surface area contributed by atoms with E-state index < -0.39 is 0 Å². The highest BCUT2D eigenvalue weighted by Gasteiger charge is 2.09. The van der Waals surface area contributed by atoms with Crippen LogP contribution in [0.25, 0.3) is 0 Å². The van der Waals surface area contributed by atoms with Crippen molar-refractivity contribution in [2.24, 2.45) is 0 Å². The molecular formula is C16H18N4S. The van der Waals surface area contributed by atoms with Gasteiger partial charge in [-0.25, -0.2) is 4.98 Å². The first-order valence-electron chi connectivity index (χ1n) is 6.95. The average molecular weight is 298 g/mol. The lowest BCUT2D eigenvalue weighted by molar-refractivity contribution is 0.687. The summed E-state index contributed by atoms with van der Waals surface area (Å²) in [5.41, 5.74) is 3.43. The van der Waals surface area contributed by atoms with Crippen LogP contribution in [-0.4, -0.2) is 14.8 Å². The maximum Gasteiger partial charge on any atom is 0.0898 e. The second kappa shape index (κ2) is 6.10. The number of hydrogen-bond donors (Lipinski definition) is 1. The highest BCUT2D eigenvalue weighted by Crippen LogP contribution is 2.21. The Labute approximate surface area is 128 Å². The molecule has 0 fully saturated rings. The summed E-state index contributed by atoms with van der Waals surface area (Å²) in [5, 5.41) is 11.0. The SMILES string of the molecule is Cc1nc(C(C)Nc2cccc(Cn3cccn3)c2)cs1. The Hall–Kier alpha value is -2.14. The number of rotatable bonds is 5. The quantitative estimate of drug-likeness (QED) is 0.777. The molecule has 1 N–H and O–H groups in total. The van der Waals surface area contributed by atoms with Gasteiger partial charge in [-0.15, -0.1) is 11.3 Å². The molecule has 21 heavy (non-hydrogen) atoms. The van der Waals surface area contributed by atoms with Crippen LogP contribution in [0.3, 0.4) is 0 Å². The number of nitrogens with one attached hydrogen (secondary N) is 1. The van der Waals surface area contributed by atoms with E-state index in [-0.39, 0.29) is 6.04 Å². The third-order valence-corrected chi connectivity index (χ3v) is 4.09. The van der Waals surface area contributed by atoms with Gasteiger partial charge in [-0.3, -0.25) is 4.68 Å². The van der Waals surface area contributed by atoms with Crippen molar-refractivity contribution < 1.29 is 0 Å². The van der Waals surface area contributed by atoms with E-state index in [1.165, 1.54) is 5.56 Å². The molecule has 4 nitrogen and oxygen atoms in total. The van der Waals surface area contributed by atoms with Crippen LogP contribution >= 0.6 is 11.3 Å². The minimum atomic E-state index is 0.204. The predicted octanol–water partition coefficient (Wildman–Crippen LogP) is 3.87. The van der Waals surface area contributed by atoms with Crippen molar-refractivity contribution in [3.63, 3.8) is 0 Å². The van der Waals surface area contributed by atoms with Crippen molar-refractivity contribution in [1.82, 2.24) is 14.8 Å². The van der Waals surface area contributed by atoms with Gasteiger partial charge in [0.25, 0.3) is 0 Å². The number of aromatic nitrogens is 3. The summed E-state index contributed by atoms with van der Waals surface area (Å²) < 4.78 is 1.92. The van der Waals surface area contributed by atoms with Crippen LogP contribution in [0.2, 0.25) is 0 Å². The Morgan fingerprint density at radius 2 is 2.24 bits per heavy atom. The lowest BCUT2D eigenvalue weighted by Crippen LogP contribution is -2.08. The maximum atomic E-state index is 4.53. The summed E-state index contributed by atoms with van der Waals surface area (Å²) in [5.74, 6) is 0. The Morgan fingerprint density at radius 1 is 1.33 bits per heavy atom. The first-order valence-corrected chi connectivity index (χ1v) is 7.83. The fourth-order valence-corrected chi connectivity index (χ4v) is 2.95. The molecule has 0 saturated heterocycles. The van der Waals surface area contributed by atoms with Crippen molar-refractivity contribution in [2.45, 2.75) is 26.4 Å². The minimum absolute atomic E-state index is 0.204. The average Bonchev–Trinajstić information content (AvgIpc) is 3.11. The van der Waals surface area contributed by atoms with Crippen LogP contribution in [0.4, 0.5) is 5.69 Å². The number of nitrogens with zero attached hydrogens (tertiary/aromatic N) is 3. The largest absolute Gasteiger partial charge is 0.377 e. The molecule has 0 amide bonds. The first-order chi connectivity index (χ1) is 10.2. The Kier molecular flexibility index (Phi) is 4.01. The molecule has 0 spiro atoms. The monoisotopic (exact) mass is 298 g/mol. The number of hydrogen-bond acceptors (Lipinski definition) is 4. The first kappa shape index (κ1) is 13.8. The van der Waals surface area contributed by atoms with E-state index >= 15 is 0 Å². The van der Waals surface area contributed by atoms with Crippen LogP contribution < -0.4 is 5.32 Å². The number of thiazole rings is 1. The molecular weight excluding hydrogens is 280 g/mol. The van der Waals surface area contributed by atoms with Crippen LogP contribution in [0, 0.1) is 6.92 Å². The van der Waals surface area contributed by atoms with Gasteiger partial charge in [0.1, 0.15) is 0 Å². The van der Waals surface area contributed by atoms with Gasteiger partial charge >= 0.3 is 0 Å². The summed E-state index contributed by atoms with van der Waals surface area (Å²) >= 11 is 1.69. The molecule has 0 aliphatic rings. The van der Waals surface area contributed by atoms with Gasteiger partial charge in [0, 0.05) is 23.5 Å². The van der Waals surface area contributed by atoms with E-state index in [0.29, 0.717) is 0 Å². The van der Waals surface area contributed by atoms with Crippen molar-refractivity contribution >= 4 is 17.0 Å². The van der Waals surface area contributed by atoms with Crippen molar-refractivity contribution in [1.29, 1.82) is 0 Å². The van der Waals surface area contributed by atoms with E-state index in [9.17, 15) is 0 Å². The van der Waals surface area contributed by atoms with E-state index in [0.717, 1.165) is 22.9 Å². The number of aryl methyl sites for hydroxylation is 1. The Bertz CT molecular complexity index is 703. The maximum absolute atomic E-state index is 4.53. The normalized spacial score (nSPS) is 12.3. The Balaban J connectivity index is 1.71. The Morgan fingerprint density at radius 3 is 2.95 bits per heavy atom. The van der Waals surface area contributed by atoms with E-state index in [4.69, 9.17) is 0 Å². The second-order valence-electron chi connectivity index (χ2n) is 5.06. The molecule has 0 aliphatic heterocycles. The summed E-state index contributed by atoms with van der Waals surface area (Å²) in [6.45, 7) is 4.95. The molecule has 0 saturated carbocycles. The minimum Gasteiger partial charge on any atom is -0.377 e. The van der Waals surface area contributed by atoms with Crippen molar-refractivity contribution in [3.05, 3.63) is 64.4 Å². The van der Waals surface area contributed by atoms with Crippen LogP contribution in [0.1, 0.15) is 29.2 Å². The summed E-state index contributed by atoms with van der Waals surface area (Å²) in [4.78, 5) is 4.53. The fourth-order valence-electron chi connectivity index (χ4n) is 2.24. The molecule has 1 atom stereocenters. The van der Waals surface area contributed by atoms with E-state index in [1.54, 1.807) is 17.5 Å². The third kappa shape index (κ3) is 3.49. The van der Waals surface area contributed by atoms with Crippen LogP contribution in [0.5, 0.6) is 0 Å². The van der Waals surface area contributed by atoms with Gasteiger partial charge in [-0.05, 0) is 37.6 Å². The van der Waals surface area contributed by atoms with Crippen molar-refractivity contribution in [2.75, 3.05) is 5.32 Å². The van der Waals surface area contributed by atoms with E-state index in [2.05, 4.69) is 52.0 Å². The zero-order valence-corrected chi connectivity index (χ0v) is 13.0. The molecule has 3 aromatic rings. The second-order valence-corrected chi connectivity index (χ2v) is 6.12. The molecule has 108 valence electrons. The molecule has 2 heterocycles. The topological polar surface area (TPSA) is 42.7 Å². The molecule has 5 heteroatoms. The molecule has 0 radical (unpaired) electrons.